The first-order valence-corrected chi connectivity index (χ1v) is 7.41. The van der Waals surface area contributed by atoms with Gasteiger partial charge in [-0.2, -0.15) is 5.10 Å². The molecule has 0 aliphatic carbocycles. The van der Waals surface area contributed by atoms with E-state index >= 15 is 0 Å². The van der Waals surface area contributed by atoms with E-state index in [1.165, 1.54) is 0 Å². The van der Waals surface area contributed by atoms with Gasteiger partial charge in [-0.15, -0.1) is 0 Å². The molecule has 6 heteroatoms. The first-order chi connectivity index (χ1) is 10.2. The fourth-order valence-corrected chi connectivity index (χ4v) is 2.79. The third-order valence-electron chi connectivity index (χ3n) is 3.73. The van der Waals surface area contributed by atoms with Gasteiger partial charge < -0.3 is 10.2 Å². The van der Waals surface area contributed by atoms with Crippen molar-refractivity contribution in [2.45, 2.75) is 18.9 Å². The fourth-order valence-electron chi connectivity index (χ4n) is 2.60. The van der Waals surface area contributed by atoms with E-state index in [0.717, 1.165) is 31.6 Å². The Morgan fingerprint density at radius 1 is 1.29 bits per heavy atom. The minimum Gasteiger partial charge on any atom is -0.324 e. The lowest BCUT2D eigenvalue weighted by molar-refractivity contribution is 0.180. The lowest BCUT2D eigenvalue weighted by Gasteiger charge is -2.32. The maximum atomic E-state index is 12.2. The van der Waals surface area contributed by atoms with E-state index < -0.39 is 0 Å². The molecule has 1 aliphatic rings. The van der Waals surface area contributed by atoms with E-state index in [2.05, 4.69) is 10.4 Å². The van der Waals surface area contributed by atoms with Crippen LogP contribution in [0, 0.1) is 0 Å². The molecule has 0 bridgehead atoms. The molecule has 2 heterocycles. The summed E-state index contributed by atoms with van der Waals surface area (Å²) in [6, 6.07) is 9.43. The standard InChI is InChI=1S/C15H17ClN4O/c16-12-3-1-4-13(11-12)18-15(21)19-9-5-14(6-10-19)20-8-2-7-17-20/h1-4,7-8,11,14H,5-6,9-10H2,(H,18,21). The molecule has 0 saturated carbocycles. The summed E-state index contributed by atoms with van der Waals surface area (Å²) >= 11 is 5.92. The summed E-state index contributed by atoms with van der Waals surface area (Å²) in [6.07, 6.45) is 5.61. The highest BCUT2D eigenvalue weighted by molar-refractivity contribution is 6.30. The second-order valence-electron chi connectivity index (χ2n) is 5.14. The Labute approximate surface area is 128 Å². The molecule has 1 aromatic heterocycles. The van der Waals surface area contributed by atoms with Crippen LogP contribution in [0.3, 0.4) is 0 Å². The van der Waals surface area contributed by atoms with Crippen molar-refractivity contribution in [2.24, 2.45) is 0 Å². The largest absolute Gasteiger partial charge is 0.324 e. The predicted octanol–water partition coefficient (Wildman–Crippen LogP) is 3.41. The van der Waals surface area contributed by atoms with Crippen molar-refractivity contribution in [1.29, 1.82) is 0 Å². The Kier molecular flexibility index (Phi) is 4.10. The van der Waals surface area contributed by atoms with E-state index in [-0.39, 0.29) is 6.03 Å². The molecule has 110 valence electrons. The van der Waals surface area contributed by atoms with Crippen LogP contribution in [-0.4, -0.2) is 33.8 Å². The highest BCUT2D eigenvalue weighted by Crippen LogP contribution is 2.22. The number of anilines is 1. The number of piperidine rings is 1. The van der Waals surface area contributed by atoms with Gasteiger partial charge in [0, 0.05) is 36.2 Å². The van der Waals surface area contributed by atoms with Gasteiger partial charge >= 0.3 is 6.03 Å². The normalized spacial score (nSPS) is 16.0. The number of carbonyl (C=O) groups excluding carboxylic acids is 1. The number of nitrogens with zero attached hydrogens (tertiary/aromatic N) is 3. The summed E-state index contributed by atoms with van der Waals surface area (Å²) in [5.41, 5.74) is 0.724. The van der Waals surface area contributed by atoms with Gasteiger partial charge in [0.2, 0.25) is 0 Å². The molecule has 0 spiro atoms. The summed E-state index contributed by atoms with van der Waals surface area (Å²) in [6.45, 7) is 1.47. The average molecular weight is 305 g/mol. The van der Waals surface area contributed by atoms with E-state index in [0.29, 0.717) is 11.1 Å². The van der Waals surface area contributed by atoms with Crippen molar-refractivity contribution in [3.63, 3.8) is 0 Å². The van der Waals surface area contributed by atoms with Gasteiger partial charge in [-0.25, -0.2) is 4.79 Å². The number of urea groups is 1. The molecular weight excluding hydrogens is 288 g/mol. The zero-order valence-electron chi connectivity index (χ0n) is 11.6. The first kappa shape index (κ1) is 13.9. The van der Waals surface area contributed by atoms with Crippen molar-refractivity contribution in [3.05, 3.63) is 47.7 Å². The van der Waals surface area contributed by atoms with Gasteiger partial charge in [-0.1, -0.05) is 17.7 Å². The van der Waals surface area contributed by atoms with Crippen molar-refractivity contribution >= 4 is 23.3 Å². The fraction of sp³-hybridized carbons (Fsp3) is 0.333. The Bertz CT molecular complexity index is 606. The van der Waals surface area contributed by atoms with Crippen LogP contribution in [0.5, 0.6) is 0 Å². The molecule has 1 aromatic carbocycles. The number of aromatic nitrogens is 2. The van der Waals surface area contributed by atoms with Crippen LogP contribution in [0.25, 0.3) is 0 Å². The molecule has 0 atom stereocenters. The van der Waals surface area contributed by atoms with E-state index in [4.69, 9.17) is 11.6 Å². The third kappa shape index (κ3) is 3.36. The molecule has 1 N–H and O–H groups in total. The molecule has 21 heavy (non-hydrogen) atoms. The minimum atomic E-state index is -0.0730. The van der Waals surface area contributed by atoms with Crippen molar-refractivity contribution in [1.82, 2.24) is 14.7 Å². The van der Waals surface area contributed by atoms with Crippen LogP contribution in [0.4, 0.5) is 10.5 Å². The highest BCUT2D eigenvalue weighted by atomic mass is 35.5. The quantitative estimate of drug-likeness (QED) is 0.924. The number of hydrogen-bond acceptors (Lipinski definition) is 2. The lowest BCUT2D eigenvalue weighted by atomic mass is 10.1. The van der Waals surface area contributed by atoms with Crippen LogP contribution in [0.2, 0.25) is 5.02 Å². The van der Waals surface area contributed by atoms with E-state index in [9.17, 15) is 4.79 Å². The summed E-state index contributed by atoms with van der Waals surface area (Å²) < 4.78 is 1.98. The maximum absolute atomic E-state index is 12.2. The van der Waals surface area contributed by atoms with Crippen LogP contribution < -0.4 is 5.32 Å². The summed E-state index contributed by atoms with van der Waals surface area (Å²) in [5, 5.41) is 7.77. The Hall–Kier alpha value is -2.01. The molecule has 1 fully saturated rings. The zero-order valence-corrected chi connectivity index (χ0v) is 12.3. The second kappa shape index (κ2) is 6.18. The molecular formula is C15H17ClN4O. The number of nitrogens with one attached hydrogen (secondary N) is 1. The Morgan fingerprint density at radius 2 is 2.10 bits per heavy atom. The zero-order chi connectivity index (χ0) is 14.7. The monoisotopic (exact) mass is 304 g/mol. The number of hydrogen-bond donors (Lipinski definition) is 1. The smallest absolute Gasteiger partial charge is 0.321 e. The van der Waals surface area contributed by atoms with Crippen molar-refractivity contribution in [3.8, 4) is 0 Å². The van der Waals surface area contributed by atoms with Gasteiger partial charge in [0.1, 0.15) is 0 Å². The van der Waals surface area contributed by atoms with Crippen LogP contribution in [0.1, 0.15) is 18.9 Å². The number of carbonyl (C=O) groups is 1. The molecule has 0 unspecified atom stereocenters. The van der Waals surface area contributed by atoms with Gasteiger partial charge in [0.25, 0.3) is 0 Å². The predicted molar refractivity (Wildman–Crippen MR) is 82.5 cm³/mol. The van der Waals surface area contributed by atoms with Crippen LogP contribution in [-0.2, 0) is 0 Å². The van der Waals surface area contributed by atoms with Gasteiger partial charge in [-0.3, -0.25) is 4.68 Å². The SMILES string of the molecule is O=C(Nc1cccc(Cl)c1)N1CCC(n2cccn2)CC1. The number of benzene rings is 1. The number of likely N-dealkylation sites (tertiary alicyclic amines) is 1. The number of amides is 2. The molecule has 1 saturated heterocycles. The Balaban J connectivity index is 1.55. The Morgan fingerprint density at radius 3 is 2.76 bits per heavy atom. The number of rotatable bonds is 2. The van der Waals surface area contributed by atoms with Crippen LogP contribution in [0.15, 0.2) is 42.7 Å². The summed E-state index contributed by atoms with van der Waals surface area (Å²) in [5.74, 6) is 0. The lowest BCUT2D eigenvalue weighted by Crippen LogP contribution is -2.41. The number of halogens is 1. The topological polar surface area (TPSA) is 50.2 Å². The van der Waals surface area contributed by atoms with Crippen molar-refractivity contribution < 1.29 is 4.79 Å². The minimum absolute atomic E-state index is 0.0730. The molecule has 5 nitrogen and oxygen atoms in total. The average Bonchev–Trinajstić information content (AvgIpc) is 3.01. The first-order valence-electron chi connectivity index (χ1n) is 7.03. The van der Waals surface area contributed by atoms with Gasteiger partial charge in [0.05, 0.1) is 6.04 Å². The molecule has 3 rings (SSSR count). The molecule has 2 amide bonds. The maximum Gasteiger partial charge on any atom is 0.321 e. The molecule has 1 aliphatic heterocycles. The highest BCUT2D eigenvalue weighted by Gasteiger charge is 2.23. The van der Waals surface area contributed by atoms with Crippen LogP contribution >= 0.6 is 11.6 Å². The summed E-state index contributed by atoms with van der Waals surface area (Å²) in [7, 11) is 0. The molecule has 2 aromatic rings. The molecule has 0 radical (unpaired) electrons. The van der Waals surface area contributed by atoms with Crippen molar-refractivity contribution in [2.75, 3.05) is 18.4 Å². The third-order valence-corrected chi connectivity index (χ3v) is 3.96. The van der Waals surface area contributed by atoms with Gasteiger partial charge in [-0.05, 0) is 37.1 Å². The van der Waals surface area contributed by atoms with Gasteiger partial charge in [0.15, 0.2) is 0 Å². The summed E-state index contributed by atoms with van der Waals surface area (Å²) in [4.78, 5) is 14.1. The van der Waals surface area contributed by atoms with E-state index in [1.807, 2.05) is 34.0 Å². The van der Waals surface area contributed by atoms with E-state index in [1.54, 1.807) is 18.3 Å². The second-order valence-corrected chi connectivity index (χ2v) is 5.58.